The maximum atomic E-state index is 11.5. The summed E-state index contributed by atoms with van der Waals surface area (Å²) in [5, 5.41) is 1.54. The summed E-state index contributed by atoms with van der Waals surface area (Å²) in [5.41, 5.74) is 8.22. The molecule has 6 nitrogen and oxygen atoms in total. The number of hydrogen-bond acceptors (Lipinski definition) is 6. The van der Waals surface area contributed by atoms with E-state index in [1.807, 2.05) is 13.0 Å². The molecule has 0 radical (unpaired) electrons. The number of nitrogens with zero attached hydrogens (tertiary/aromatic N) is 2. The van der Waals surface area contributed by atoms with Gasteiger partial charge in [0.15, 0.2) is 9.84 Å². The first-order chi connectivity index (χ1) is 11.8. The van der Waals surface area contributed by atoms with Gasteiger partial charge in [0.2, 0.25) is 5.88 Å². The average molecular weight is 363 g/mol. The van der Waals surface area contributed by atoms with Crippen LogP contribution in [0.5, 0.6) is 5.88 Å². The van der Waals surface area contributed by atoms with Crippen molar-refractivity contribution >= 4 is 20.6 Å². The van der Waals surface area contributed by atoms with Crippen LogP contribution in [-0.4, -0.2) is 36.0 Å². The SMILES string of the molecule is CCC[C@H](N)c1cnc(O[C@H]2C[C@@H](S(C)(=O)=O)C2)c2cnc(C)cc12. The molecule has 25 heavy (non-hydrogen) atoms. The van der Waals surface area contributed by atoms with Crippen molar-refractivity contribution in [2.75, 3.05) is 6.26 Å². The van der Waals surface area contributed by atoms with Gasteiger partial charge in [-0.15, -0.1) is 0 Å². The van der Waals surface area contributed by atoms with E-state index in [-0.39, 0.29) is 17.4 Å². The van der Waals surface area contributed by atoms with Crippen LogP contribution in [0.2, 0.25) is 0 Å². The summed E-state index contributed by atoms with van der Waals surface area (Å²) in [6.45, 7) is 4.05. The number of fused-ring (bicyclic) bond motifs is 1. The monoisotopic (exact) mass is 363 g/mol. The van der Waals surface area contributed by atoms with E-state index in [0.29, 0.717) is 18.7 Å². The first-order valence-electron chi connectivity index (χ1n) is 8.66. The van der Waals surface area contributed by atoms with Crippen LogP contribution in [0, 0.1) is 6.92 Å². The summed E-state index contributed by atoms with van der Waals surface area (Å²) in [6, 6.07) is 1.93. The minimum Gasteiger partial charge on any atom is -0.474 e. The Bertz CT molecular complexity index is 877. The Hall–Kier alpha value is -1.73. The molecule has 0 aromatic carbocycles. The van der Waals surface area contributed by atoms with Gasteiger partial charge in [0.05, 0.1) is 10.6 Å². The Morgan fingerprint density at radius 3 is 2.64 bits per heavy atom. The van der Waals surface area contributed by atoms with Crippen LogP contribution >= 0.6 is 0 Å². The second kappa shape index (κ2) is 6.88. The van der Waals surface area contributed by atoms with Crippen LogP contribution in [0.4, 0.5) is 0 Å². The Labute approximate surface area is 148 Å². The van der Waals surface area contributed by atoms with Gasteiger partial charge in [-0.1, -0.05) is 13.3 Å². The lowest BCUT2D eigenvalue weighted by molar-refractivity contribution is 0.119. The van der Waals surface area contributed by atoms with Crippen molar-refractivity contribution in [3.63, 3.8) is 0 Å². The van der Waals surface area contributed by atoms with Gasteiger partial charge in [0.25, 0.3) is 0 Å². The molecule has 0 saturated heterocycles. The van der Waals surface area contributed by atoms with Gasteiger partial charge in [-0.05, 0) is 30.4 Å². The van der Waals surface area contributed by atoms with Crippen molar-refractivity contribution in [2.24, 2.45) is 5.73 Å². The predicted octanol–water partition coefficient (Wildman–Crippen LogP) is 2.69. The fourth-order valence-corrected chi connectivity index (χ4v) is 4.34. The average Bonchev–Trinajstić information content (AvgIpc) is 2.48. The van der Waals surface area contributed by atoms with E-state index in [1.165, 1.54) is 6.26 Å². The van der Waals surface area contributed by atoms with E-state index in [9.17, 15) is 8.42 Å². The Morgan fingerprint density at radius 2 is 2.00 bits per heavy atom. The summed E-state index contributed by atoms with van der Waals surface area (Å²) in [4.78, 5) is 8.82. The van der Waals surface area contributed by atoms with Crippen LogP contribution in [0.15, 0.2) is 18.5 Å². The van der Waals surface area contributed by atoms with Gasteiger partial charge in [0, 0.05) is 43.2 Å². The highest BCUT2D eigenvalue weighted by Crippen LogP contribution is 2.35. The first-order valence-corrected chi connectivity index (χ1v) is 10.6. The maximum Gasteiger partial charge on any atom is 0.223 e. The number of sulfone groups is 1. The molecule has 1 aliphatic rings. The molecular weight excluding hydrogens is 338 g/mol. The number of ether oxygens (including phenoxy) is 1. The molecule has 2 heterocycles. The molecule has 1 saturated carbocycles. The highest BCUT2D eigenvalue weighted by Gasteiger charge is 2.38. The van der Waals surface area contributed by atoms with E-state index >= 15 is 0 Å². The molecule has 1 aliphatic carbocycles. The number of aryl methyl sites for hydroxylation is 1. The zero-order chi connectivity index (χ0) is 18.2. The van der Waals surface area contributed by atoms with E-state index < -0.39 is 9.84 Å². The molecule has 0 unspecified atom stereocenters. The number of aromatic nitrogens is 2. The zero-order valence-electron chi connectivity index (χ0n) is 14.9. The lowest BCUT2D eigenvalue weighted by atomic mass is 9.95. The summed E-state index contributed by atoms with van der Waals surface area (Å²) < 4.78 is 29.1. The van der Waals surface area contributed by atoms with Gasteiger partial charge < -0.3 is 10.5 Å². The Morgan fingerprint density at radius 1 is 1.28 bits per heavy atom. The van der Waals surface area contributed by atoms with Gasteiger partial charge in [-0.25, -0.2) is 13.4 Å². The van der Waals surface area contributed by atoms with Crippen LogP contribution in [0.25, 0.3) is 10.8 Å². The summed E-state index contributed by atoms with van der Waals surface area (Å²) in [7, 11) is -2.99. The first kappa shape index (κ1) is 18.1. The molecule has 7 heteroatoms. The highest BCUT2D eigenvalue weighted by molar-refractivity contribution is 7.91. The van der Waals surface area contributed by atoms with Crippen molar-refractivity contribution in [1.82, 2.24) is 9.97 Å². The van der Waals surface area contributed by atoms with E-state index in [2.05, 4.69) is 16.9 Å². The minimum atomic E-state index is -2.99. The number of pyridine rings is 2. The summed E-state index contributed by atoms with van der Waals surface area (Å²) in [5.74, 6) is 0.506. The minimum absolute atomic E-state index is 0.0748. The summed E-state index contributed by atoms with van der Waals surface area (Å²) in [6.07, 6.45) is 7.62. The third-order valence-corrected chi connectivity index (χ3v) is 6.43. The van der Waals surface area contributed by atoms with Crippen molar-refractivity contribution in [2.45, 2.75) is 56.9 Å². The number of nitrogens with two attached hydrogens (primary N) is 1. The third kappa shape index (κ3) is 3.77. The van der Waals surface area contributed by atoms with Gasteiger partial charge in [0.1, 0.15) is 6.10 Å². The second-order valence-electron chi connectivity index (χ2n) is 6.95. The predicted molar refractivity (Wildman–Crippen MR) is 98.4 cm³/mol. The second-order valence-corrected chi connectivity index (χ2v) is 9.27. The Balaban J connectivity index is 1.89. The highest BCUT2D eigenvalue weighted by atomic mass is 32.2. The van der Waals surface area contributed by atoms with E-state index in [1.54, 1.807) is 12.4 Å². The number of hydrogen-bond donors (Lipinski definition) is 1. The van der Waals surface area contributed by atoms with Crippen molar-refractivity contribution < 1.29 is 13.2 Å². The molecule has 1 fully saturated rings. The molecule has 2 N–H and O–H groups in total. The van der Waals surface area contributed by atoms with Crippen LogP contribution in [-0.2, 0) is 9.84 Å². The Kier molecular flexibility index (Phi) is 4.97. The fourth-order valence-electron chi connectivity index (χ4n) is 3.21. The molecule has 2 aromatic heterocycles. The molecule has 0 spiro atoms. The maximum absolute atomic E-state index is 11.5. The van der Waals surface area contributed by atoms with Crippen LogP contribution < -0.4 is 10.5 Å². The standard InChI is InChI=1S/C18H25N3O3S/c1-4-5-17(19)15-9-21-18(16-10-20-11(2)6-14(15)16)24-12-7-13(8-12)25(3,22)23/h6,9-10,12-13,17H,4-5,7-8,19H2,1-3H3/t12-,13+,17-/m0/s1. The third-order valence-electron chi connectivity index (χ3n) is 4.84. The lowest BCUT2D eigenvalue weighted by Crippen LogP contribution is -2.42. The van der Waals surface area contributed by atoms with Crippen LogP contribution in [0.1, 0.15) is 49.9 Å². The zero-order valence-corrected chi connectivity index (χ0v) is 15.7. The van der Waals surface area contributed by atoms with Crippen molar-refractivity contribution in [3.05, 3.63) is 29.7 Å². The molecule has 3 rings (SSSR count). The topological polar surface area (TPSA) is 95.2 Å². The number of rotatable bonds is 6. The molecule has 2 aromatic rings. The molecular formula is C18H25N3O3S. The smallest absolute Gasteiger partial charge is 0.223 e. The van der Waals surface area contributed by atoms with E-state index in [0.717, 1.165) is 34.9 Å². The van der Waals surface area contributed by atoms with Gasteiger partial charge in [-0.2, -0.15) is 0 Å². The molecule has 136 valence electrons. The molecule has 0 aliphatic heterocycles. The summed E-state index contributed by atoms with van der Waals surface area (Å²) >= 11 is 0. The lowest BCUT2D eigenvalue weighted by Gasteiger charge is -2.33. The normalized spacial score (nSPS) is 21.8. The van der Waals surface area contributed by atoms with Crippen molar-refractivity contribution in [1.29, 1.82) is 0 Å². The molecule has 1 atom stereocenters. The van der Waals surface area contributed by atoms with Crippen molar-refractivity contribution in [3.8, 4) is 5.88 Å². The van der Waals surface area contributed by atoms with Gasteiger partial charge >= 0.3 is 0 Å². The van der Waals surface area contributed by atoms with Crippen LogP contribution in [0.3, 0.4) is 0 Å². The molecule has 0 bridgehead atoms. The fraction of sp³-hybridized carbons (Fsp3) is 0.556. The van der Waals surface area contributed by atoms with E-state index in [4.69, 9.17) is 10.5 Å². The van der Waals surface area contributed by atoms with Gasteiger partial charge in [-0.3, -0.25) is 4.98 Å². The largest absolute Gasteiger partial charge is 0.474 e. The molecule has 0 amide bonds. The quantitative estimate of drug-likeness (QED) is 0.848.